The van der Waals surface area contributed by atoms with Crippen LogP contribution in [0.3, 0.4) is 0 Å². The number of aromatic nitrogens is 1. The van der Waals surface area contributed by atoms with Gasteiger partial charge in [-0.1, -0.05) is 78.5 Å². The third kappa shape index (κ3) is 4.57. The van der Waals surface area contributed by atoms with Gasteiger partial charge in [-0.15, -0.1) is 0 Å². The summed E-state index contributed by atoms with van der Waals surface area (Å²) in [5, 5.41) is 1.51. The summed E-state index contributed by atoms with van der Waals surface area (Å²) < 4.78 is 0. The maximum absolute atomic E-state index is 4.81. The van der Waals surface area contributed by atoms with E-state index in [2.05, 4.69) is 90.8 Å². The van der Waals surface area contributed by atoms with Crippen LogP contribution in [0.2, 0.25) is 19.6 Å². The lowest BCUT2D eigenvalue weighted by molar-refractivity contribution is 0.590. The van der Waals surface area contributed by atoms with Crippen LogP contribution in [0.25, 0.3) is 11.3 Å². The van der Waals surface area contributed by atoms with Crippen LogP contribution in [0.5, 0.6) is 0 Å². The van der Waals surface area contributed by atoms with Gasteiger partial charge >= 0.3 is 0 Å². The van der Waals surface area contributed by atoms with E-state index in [-0.39, 0.29) is 5.41 Å². The SMILES string of the molecule is CC(C)Cc1cc(-c2ccc(C(C)(C)C)cc2)ncc1[Si](C)(C)C. The Bertz CT molecular complexity index is 685. The van der Waals surface area contributed by atoms with E-state index in [0.29, 0.717) is 5.92 Å². The maximum Gasteiger partial charge on any atom is 0.0799 e. The van der Waals surface area contributed by atoms with Gasteiger partial charge in [0.15, 0.2) is 0 Å². The molecule has 0 N–H and O–H groups in total. The predicted octanol–water partition coefficient (Wildman–Crippen LogP) is 5.79. The first-order valence-corrected chi connectivity index (χ1v) is 12.6. The fourth-order valence-corrected chi connectivity index (χ4v) is 4.67. The van der Waals surface area contributed by atoms with Crippen LogP contribution < -0.4 is 5.19 Å². The predicted molar refractivity (Wildman–Crippen MR) is 110 cm³/mol. The van der Waals surface area contributed by atoms with Crippen molar-refractivity contribution in [3.8, 4) is 11.3 Å². The van der Waals surface area contributed by atoms with Crippen LogP contribution in [0.15, 0.2) is 36.5 Å². The molecular formula is C22H33NSi. The number of rotatable bonds is 4. The van der Waals surface area contributed by atoms with Crippen LogP contribution in [0.1, 0.15) is 45.7 Å². The van der Waals surface area contributed by atoms with Gasteiger partial charge in [0, 0.05) is 11.8 Å². The number of nitrogens with zero attached hydrogens (tertiary/aromatic N) is 1. The first-order chi connectivity index (χ1) is 11.0. The summed E-state index contributed by atoms with van der Waals surface area (Å²) in [6.45, 7) is 18.6. The van der Waals surface area contributed by atoms with Crippen molar-refractivity contribution >= 4 is 13.3 Å². The maximum atomic E-state index is 4.81. The minimum Gasteiger partial charge on any atom is -0.256 e. The van der Waals surface area contributed by atoms with E-state index >= 15 is 0 Å². The van der Waals surface area contributed by atoms with E-state index in [1.54, 1.807) is 0 Å². The van der Waals surface area contributed by atoms with Crippen LogP contribution in [-0.4, -0.2) is 13.1 Å². The van der Waals surface area contributed by atoms with Crippen molar-refractivity contribution in [2.45, 2.75) is 66.1 Å². The molecule has 1 nitrogen and oxygen atoms in total. The van der Waals surface area contributed by atoms with Gasteiger partial charge in [-0.25, -0.2) is 0 Å². The first-order valence-electron chi connectivity index (χ1n) is 9.09. The molecule has 2 aromatic rings. The minimum absolute atomic E-state index is 0.191. The van der Waals surface area contributed by atoms with Crippen LogP contribution in [-0.2, 0) is 11.8 Å². The molecule has 1 aromatic heterocycles. The monoisotopic (exact) mass is 339 g/mol. The number of pyridine rings is 1. The lowest BCUT2D eigenvalue weighted by Gasteiger charge is -2.23. The van der Waals surface area contributed by atoms with Crippen molar-refractivity contribution < 1.29 is 0 Å². The average Bonchev–Trinajstić information content (AvgIpc) is 2.44. The molecule has 0 atom stereocenters. The highest BCUT2D eigenvalue weighted by Gasteiger charge is 2.22. The summed E-state index contributed by atoms with van der Waals surface area (Å²) in [6.07, 6.45) is 3.28. The Hall–Kier alpha value is -1.41. The Morgan fingerprint density at radius 2 is 1.58 bits per heavy atom. The quantitative estimate of drug-likeness (QED) is 0.642. The van der Waals surface area contributed by atoms with E-state index in [4.69, 9.17) is 4.98 Å². The molecule has 0 bridgehead atoms. The fraction of sp³-hybridized carbons (Fsp3) is 0.500. The summed E-state index contributed by atoms with van der Waals surface area (Å²) in [7, 11) is -1.36. The van der Waals surface area contributed by atoms with Crippen molar-refractivity contribution in [3.63, 3.8) is 0 Å². The van der Waals surface area contributed by atoms with E-state index in [0.717, 1.165) is 12.1 Å². The molecule has 0 saturated heterocycles. The van der Waals surface area contributed by atoms with E-state index in [1.807, 2.05) is 0 Å². The molecule has 2 heteroatoms. The first kappa shape index (κ1) is 18.9. The largest absolute Gasteiger partial charge is 0.256 e. The smallest absolute Gasteiger partial charge is 0.0799 e. The van der Waals surface area contributed by atoms with Gasteiger partial charge in [0.05, 0.1) is 13.8 Å². The lowest BCUT2D eigenvalue weighted by atomic mass is 9.86. The molecule has 0 saturated carbocycles. The third-order valence-corrected chi connectivity index (χ3v) is 6.54. The highest BCUT2D eigenvalue weighted by atomic mass is 28.3. The Labute approximate surface area is 149 Å². The van der Waals surface area contributed by atoms with E-state index < -0.39 is 8.07 Å². The highest BCUT2D eigenvalue weighted by Crippen LogP contribution is 2.26. The van der Waals surface area contributed by atoms with Crippen molar-refractivity contribution in [3.05, 3.63) is 47.7 Å². The van der Waals surface area contributed by atoms with Crippen molar-refractivity contribution in [1.29, 1.82) is 0 Å². The highest BCUT2D eigenvalue weighted by molar-refractivity contribution is 6.89. The van der Waals surface area contributed by atoms with Crippen molar-refractivity contribution in [1.82, 2.24) is 4.98 Å². The summed E-state index contributed by atoms with van der Waals surface area (Å²) in [4.78, 5) is 4.81. The van der Waals surface area contributed by atoms with Crippen LogP contribution >= 0.6 is 0 Å². The molecular weight excluding hydrogens is 306 g/mol. The molecule has 0 radical (unpaired) electrons. The second kappa shape index (κ2) is 6.83. The van der Waals surface area contributed by atoms with Crippen LogP contribution in [0.4, 0.5) is 0 Å². The molecule has 1 aromatic carbocycles. The summed E-state index contributed by atoms with van der Waals surface area (Å²) in [5.74, 6) is 0.665. The molecule has 2 rings (SSSR count). The molecule has 0 spiro atoms. The van der Waals surface area contributed by atoms with Crippen LogP contribution in [0, 0.1) is 5.92 Å². The second-order valence-corrected chi connectivity index (χ2v) is 14.4. The standard InChI is InChI=1S/C22H33NSi/c1-16(2)13-18-14-20(23-15-21(18)24(6,7)8)17-9-11-19(12-10-17)22(3,4)5/h9-12,14-16H,13H2,1-8H3. The topological polar surface area (TPSA) is 12.9 Å². The molecule has 24 heavy (non-hydrogen) atoms. The van der Waals surface area contributed by atoms with Gasteiger partial charge in [-0.2, -0.15) is 0 Å². The Balaban J connectivity index is 2.44. The summed E-state index contributed by atoms with van der Waals surface area (Å²) >= 11 is 0. The van der Waals surface area contributed by atoms with Gasteiger partial charge in [-0.05, 0) is 40.1 Å². The molecule has 1 heterocycles. The Morgan fingerprint density at radius 3 is 2.04 bits per heavy atom. The van der Waals surface area contributed by atoms with Gasteiger partial charge < -0.3 is 0 Å². The number of hydrogen-bond acceptors (Lipinski definition) is 1. The Morgan fingerprint density at radius 1 is 1.00 bits per heavy atom. The van der Waals surface area contributed by atoms with E-state index in [9.17, 15) is 0 Å². The third-order valence-electron chi connectivity index (χ3n) is 4.47. The zero-order chi connectivity index (χ0) is 18.1. The van der Waals surface area contributed by atoms with Crippen molar-refractivity contribution in [2.75, 3.05) is 0 Å². The molecule has 0 aliphatic rings. The molecule has 130 valence electrons. The molecule has 0 unspecified atom stereocenters. The Kier molecular flexibility index (Phi) is 5.39. The average molecular weight is 340 g/mol. The molecule has 0 amide bonds. The zero-order valence-corrected chi connectivity index (χ0v) is 17.7. The molecule has 0 aliphatic heterocycles. The second-order valence-electron chi connectivity index (χ2n) is 9.40. The van der Waals surface area contributed by atoms with E-state index in [1.165, 1.54) is 21.9 Å². The molecule has 0 fully saturated rings. The van der Waals surface area contributed by atoms with Crippen molar-refractivity contribution in [2.24, 2.45) is 5.92 Å². The summed E-state index contributed by atoms with van der Waals surface area (Å²) in [6, 6.07) is 11.3. The normalized spacial score (nSPS) is 12.7. The lowest BCUT2D eigenvalue weighted by Crippen LogP contribution is -2.40. The number of benzene rings is 1. The fourth-order valence-electron chi connectivity index (χ4n) is 3.08. The molecule has 0 aliphatic carbocycles. The van der Waals surface area contributed by atoms with Gasteiger partial charge in [0.2, 0.25) is 0 Å². The number of hydrogen-bond donors (Lipinski definition) is 0. The summed E-state index contributed by atoms with van der Waals surface area (Å²) in [5.41, 5.74) is 5.38. The van der Waals surface area contributed by atoms with Gasteiger partial charge in [-0.3, -0.25) is 4.98 Å². The minimum atomic E-state index is -1.36. The zero-order valence-electron chi connectivity index (χ0n) is 16.7. The van der Waals surface area contributed by atoms with Gasteiger partial charge in [0.1, 0.15) is 0 Å². The van der Waals surface area contributed by atoms with Gasteiger partial charge in [0.25, 0.3) is 0 Å².